The van der Waals surface area contributed by atoms with Crippen LogP contribution >= 0.6 is 0 Å². The monoisotopic (exact) mass is 356 g/mol. The largest absolute Gasteiger partial charge is 0.493 e. The van der Waals surface area contributed by atoms with E-state index in [1.54, 1.807) is 19.1 Å². The first-order chi connectivity index (χ1) is 12.5. The number of likely N-dealkylation sites (tertiary alicyclic amines) is 1. The Kier molecular flexibility index (Phi) is 5.06. The Morgan fingerprint density at radius 3 is 2.62 bits per heavy atom. The molecule has 7 nitrogen and oxygen atoms in total. The molecular formula is C19H20N2O5. The van der Waals surface area contributed by atoms with E-state index in [1.165, 1.54) is 18.3 Å². The number of carboxylic acid groups (broad SMARTS) is 1. The number of pyridine rings is 1. The number of hydrogen-bond acceptors (Lipinski definition) is 5. The molecule has 0 radical (unpaired) electrons. The average molecular weight is 356 g/mol. The number of hydrogen-bond donors (Lipinski definition) is 1. The number of carboxylic acids is 1. The van der Waals surface area contributed by atoms with Crippen molar-refractivity contribution >= 4 is 11.9 Å². The van der Waals surface area contributed by atoms with Gasteiger partial charge in [-0.3, -0.25) is 9.78 Å². The second-order valence-corrected chi connectivity index (χ2v) is 6.01. The van der Waals surface area contributed by atoms with Crippen molar-refractivity contribution in [2.75, 3.05) is 20.8 Å². The van der Waals surface area contributed by atoms with Crippen molar-refractivity contribution in [2.24, 2.45) is 0 Å². The predicted molar refractivity (Wildman–Crippen MR) is 93.8 cm³/mol. The maximum Gasteiger partial charge on any atom is 0.335 e. The van der Waals surface area contributed by atoms with E-state index in [-0.39, 0.29) is 23.2 Å². The van der Waals surface area contributed by atoms with Gasteiger partial charge in [0.2, 0.25) is 0 Å². The van der Waals surface area contributed by atoms with Crippen LogP contribution in [0.3, 0.4) is 0 Å². The van der Waals surface area contributed by atoms with Crippen LogP contribution in [-0.2, 0) is 0 Å². The molecule has 1 aromatic heterocycles. The molecule has 1 aliphatic rings. The smallest absolute Gasteiger partial charge is 0.335 e. The topological polar surface area (TPSA) is 89.0 Å². The highest BCUT2D eigenvalue weighted by atomic mass is 16.5. The van der Waals surface area contributed by atoms with Gasteiger partial charge in [-0.25, -0.2) is 4.79 Å². The maximum atomic E-state index is 12.9. The molecule has 3 rings (SSSR count). The highest BCUT2D eigenvalue weighted by Gasteiger charge is 2.32. The Labute approximate surface area is 151 Å². The third kappa shape index (κ3) is 3.33. The number of nitrogens with zero attached hydrogens (tertiary/aromatic N) is 2. The Morgan fingerprint density at radius 2 is 1.92 bits per heavy atom. The van der Waals surface area contributed by atoms with Crippen LogP contribution in [0.5, 0.6) is 11.5 Å². The van der Waals surface area contributed by atoms with Gasteiger partial charge in [-0.1, -0.05) is 6.07 Å². The van der Waals surface area contributed by atoms with Crippen molar-refractivity contribution in [3.63, 3.8) is 0 Å². The van der Waals surface area contributed by atoms with Crippen molar-refractivity contribution in [1.29, 1.82) is 0 Å². The maximum absolute atomic E-state index is 12.9. The lowest BCUT2D eigenvalue weighted by atomic mass is 10.0. The Balaban J connectivity index is 1.89. The van der Waals surface area contributed by atoms with Crippen LogP contribution in [0.2, 0.25) is 0 Å². The molecule has 1 aromatic carbocycles. The van der Waals surface area contributed by atoms with Gasteiger partial charge in [0.05, 0.1) is 25.8 Å². The molecule has 1 N–H and O–H groups in total. The molecule has 2 aromatic rings. The number of aromatic nitrogens is 1. The molecule has 1 fully saturated rings. The number of ether oxygens (including phenoxy) is 2. The third-order valence-electron chi connectivity index (χ3n) is 4.53. The van der Waals surface area contributed by atoms with E-state index in [4.69, 9.17) is 14.6 Å². The fourth-order valence-electron chi connectivity index (χ4n) is 3.24. The quantitative estimate of drug-likeness (QED) is 0.886. The predicted octanol–water partition coefficient (Wildman–Crippen LogP) is 2.77. The van der Waals surface area contributed by atoms with E-state index in [1.807, 2.05) is 18.2 Å². The van der Waals surface area contributed by atoms with Crippen LogP contribution < -0.4 is 9.47 Å². The minimum Gasteiger partial charge on any atom is -0.493 e. The number of rotatable bonds is 5. The molecule has 1 unspecified atom stereocenters. The van der Waals surface area contributed by atoms with Gasteiger partial charge in [-0.15, -0.1) is 0 Å². The SMILES string of the molecule is COc1ccc(C2CCCN2C(=O)c2cc(C(=O)O)ccn2)cc1OC. The van der Waals surface area contributed by atoms with Crippen LogP contribution in [0.1, 0.15) is 45.3 Å². The van der Waals surface area contributed by atoms with Crippen LogP contribution in [0.4, 0.5) is 0 Å². The Bertz CT molecular complexity index is 836. The van der Waals surface area contributed by atoms with E-state index in [0.29, 0.717) is 18.0 Å². The number of amides is 1. The summed E-state index contributed by atoms with van der Waals surface area (Å²) in [7, 11) is 3.14. The van der Waals surface area contributed by atoms with Gasteiger partial charge in [-0.2, -0.15) is 0 Å². The lowest BCUT2D eigenvalue weighted by Gasteiger charge is -2.25. The van der Waals surface area contributed by atoms with Gasteiger partial charge in [0.15, 0.2) is 11.5 Å². The molecule has 2 heterocycles. The molecule has 0 saturated carbocycles. The number of benzene rings is 1. The summed E-state index contributed by atoms with van der Waals surface area (Å²) in [5.41, 5.74) is 1.13. The van der Waals surface area contributed by atoms with E-state index in [9.17, 15) is 9.59 Å². The number of carbonyl (C=O) groups excluding carboxylic acids is 1. The minimum atomic E-state index is -1.08. The van der Waals surface area contributed by atoms with Gasteiger partial charge < -0.3 is 19.5 Å². The second-order valence-electron chi connectivity index (χ2n) is 6.01. The first kappa shape index (κ1) is 17.7. The fraction of sp³-hybridized carbons (Fsp3) is 0.316. The lowest BCUT2D eigenvalue weighted by Crippen LogP contribution is -2.31. The zero-order valence-corrected chi connectivity index (χ0v) is 14.6. The van der Waals surface area contributed by atoms with Gasteiger partial charge in [-0.05, 0) is 42.7 Å². The summed E-state index contributed by atoms with van der Waals surface area (Å²) >= 11 is 0. The van der Waals surface area contributed by atoms with Gasteiger partial charge in [0.1, 0.15) is 5.69 Å². The highest BCUT2D eigenvalue weighted by Crippen LogP contribution is 2.37. The molecule has 136 valence electrons. The molecule has 1 atom stereocenters. The standard InChI is InChI=1S/C19H20N2O5/c1-25-16-6-5-12(11-17(16)26-2)15-4-3-9-21(15)18(22)14-10-13(19(23)24)7-8-20-14/h5-8,10-11,15H,3-4,9H2,1-2H3,(H,23,24). The van der Waals surface area contributed by atoms with Crippen LogP contribution in [0, 0.1) is 0 Å². The first-order valence-electron chi connectivity index (χ1n) is 8.27. The summed E-state index contributed by atoms with van der Waals surface area (Å²) in [5.74, 6) is -0.122. The van der Waals surface area contributed by atoms with Gasteiger partial charge in [0, 0.05) is 12.7 Å². The summed E-state index contributed by atoms with van der Waals surface area (Å²) in [6.07, 6.45) is 3.03. The van der Waals surface area contributed by atoms with Crippen LogP contribution in [0.15, 0.2) is 36.5 Å². The van der Waals surface area contributed by atoms with E-state index in [2.05, 4.69) is 4.98 Å². The Morgan fingerprint density at radius 1 is 1.15 bits per heavy atom. The van der Waals surface area contributed by atoms with Crippen LogP contribution in [0.25, 0.3) is 0 Å². The summed E-state index contributed by atoms with van der Waals surface area (Å²) in [6, 6.07) is 8.18. The third-order valence-corrected chi connectivity index (χ3v) is 4.53. The molecule has 0 aliphatic carbocycles. The second kappa shape index (κ2) is 7.43. The van der Waals surface area contributed by atoms with Crippen molar-refractivity contribution in [3.8, 4) is 11.5 Å². The normalized spacial score (nSPS) is 16.4. The summed E-state index contributed by atoms with van der Waals surface area (Å²) in [6.45, 7) is 0.594. The number of methoxy groups -OCH3 is 2. The first-order valence-corrected chi connectivity index (χ1v) is 8.27. The lowest BCUT2D eigenvalue weighted by molar-refractivity contribution is 0.0696. The molecule has 1 aliphatic heterocycles. The Hall–Kier alpha value is -3.09. The minimum absolute atomic E-state index is 0.0465. The summed E-state index contributed by atoms with van der Waals surface area (Å²) in [4.78, 5) is 29.8. The zero-order chi connectivity index (χ0) is 18.7. The summed E-state index contributed by atoms with van der Waals surface area (Å²) in [5, 5.41) is 9.11. The fourth-order valence-corrected chi connectivity index (χ4v) is 3.24. The molecule has 0 spiro atoms. The summed E-state index contributed by atoms with van der Waals surface area (Å²) < 4.78 is 10.6. The molecular weight excluding hydrogens is 336 g/mol. The van der Waals surface area contributed by atoms with E-state index < -0.39 is 5.97 Å². The van der Waals surface area contributed by atoms with E-state index in [0.717, 1.165) is 18.4 Å². The molecule has 1 saturated heterocycles. The van der Waals surface area contributed by atoms with Gasteiger partial charge in [0.25, 0.3) is 5.91 Å². The molecule has 1 amide bonds. The van der Waals surface area contributed by atoms with Crippen molar-refractivity contribution in [2.45, 2.75) is 18.9 Å². The zero-order valence-electron chi connectivity index (χ0n) is 14.6. The molecule has 0 bridgehead atoms. The van der Waals surface area contributed by atoms with E-state index >= 15 is 0 Å². The highest BCUT2D eigenvalue weighted by molar-refractivity contribution is 5.96. The van der Waals surface area contributed by atoms with Crippen molar-refractivity contribution in [1.82, 2.24) is 9.88 Å². The average Bonchev–Trinajstić information content (AvgIpc) is 3.16. The van der Waals surface area contributed by atoms with Crippen LogP contribution in [-0.4, -0.2) is 47.6 Å². The number of aromatic carboxylic acids is 1. The van der Waals surface area contributed by atoms with Crippen molar-refractivity contribution < 1.29 is 24.2 Å². The number of carbonyl (C=O) groups is 2. The molecule has 7 heteroatoms. The van der Waals surface area contributed by atoms with Crippen molar-refractivity contribution in [3.05, 3.63) is 53.3 Å². The van der Waals surface area contributed by atoms with Gasteiger partial charge >= 0.3 is 5.97 Å². The molecule has 26 heavy (non-hydrogen) atoms.